The van der Waals surface area contributed by atoms with Gasteiger partial charge < -0.3 is 15.5 Å². The summed E-state index contributed by atoms with van der Waals surface area (Å²) in [6.45, 7) is 4.57. The molecule has 0 radical (unpaired) electrons. The molecule has 1 unspecified atom stereocenters. The molecule has 24 heavy (non-hydrogen) atoms. The van der Waals surface area contributed by atoms with Gasteiger partial charge in [0.05, 0.1) is 6.42 Å². The minimum absolute atomic E-state index is 0.177. The Kier molecular flexibility index (Phi) is 5.33. The number of guanidine groups is 1. The van der Waals surface area contributed by atoms with Crippen LogP contribution < -0.4 is 15.5 Å². The largest absolute Gasteiger partial charge is 0.355 e. The topological polar surface area (TPSA) is 56.7 Å². The Bertz CT molecular complexity index is 625. The van der Waals surface area contributed by atoms with Crippen LogP contribution in [0.2, 0.25) is 0 Å². The summed E-state index contributed by atoms with van der Waals surface area (Å²) in [4.78, 5) is 18.3. The second-order valence-electron chi connectivity index (χ2n) is 6.61. The van der Waals surface area contributed by atoms with E-state index in [2.05, 4.69) is 22.5 Å². The molecule has 0 saturated carbocycles. The molecule has 1 atom stereocenters. The normalized spacial score (nSPS) is 23.5. The number of carbonyl (C=O) groups excluding carboxylic acids is 1. The summed E-state index contributed by atoms with van der Waals surface area (Å²) in [6, 6.07) is 8.02. The van der Waals surface area contributed by atoms with E-state index >= 15 is 0 Å². The molecule has 3 rings (SSSR count). The van der Waals surface area contributed by atoms with Crippen molar-refractivity contribution >= 4 is 29.3 Å². The number of anilines is 1. The van der Waals surface area contributed by atoms with Crippen LogP contribution in [0.3, 0.4) is 0 Å². The maximum Gasteiger partial charge on any atom is 0.231 e. The van der Waals surface area contributed by atoms with E-state index in [1.807, 2.05) is 40.9 Å². The van der Waals surface area contributed by atoms with Gasteiger partial charge in [0.2, 0.25) is 5.91 Å². The third kappa shape index (κ3) is 3.86. The average Bonchev–Trinajstić information content (AvgIpc) is 3.15. The lowest BCUT2D eigenvalue weighted by Gasteiger charge is -2.25. The van der Waals surface area contributed by atoms with Crippen molar-refractivity contribution in [3.8, 4) is 0 Å². The minimum atomic E-state index is 0.177. The van der Waals surface area contributed by atoms with Crippen LogP contribution in [-0.2, 0) is 11.2 Å². The van der Waals surface area contributed by atoms with Crippen LogP contribution in [0.5, 0.6) is 0 Å². The molecule has 1 aromatic carbocycles. The standard InChI is InChI=1S/C18H26N4OS/c1-18(8-5-11-24-18)13-21-17(19-2)20-9-10-22-15-7-4-3-6-14(15)12-16(22)23/h3-4,6-7H,5,8-13H2,1-2H3,(H2,19,20,21). The first-order chi connectivity index (χ1) is 11.6. The number of benzene rings is 1. The summed E-state index contributed by atoms with van der Waals surface area (Å²) in [5.41, 5.74) is 2.17. The second-order valence-corrected chi connectivity index (χ2v) is 8.29. The number of thioether (sulfide) groups is 1. The Labute approximate surface area is 148 Å². The van der Waals surface area contributed by atoms with E-state index in [0.29, 0.717) is 24.3 Å². The van der Waals surface area contributed by atoms with Crippen LogP contribution in [0, 0.1) is 0 Å². The SMILES string of the molecule is CN=C(NCCN1C(=O)Cc2ccccc21)NCC1(C)CCCS1. The molecule has 2 aliphatic rings. The van der Waals surface area contributed by atoms with Gasteiger partial charge in [0.1, 0.15) is 0 Å². The van der Waals surface area contributed by atoms with E-state index in [9.17, 15) is 4.79 Å². The van der Waals surface area contributed by atoms with Crippen molar-refractivity contribution in [1.29, 1.82) is 0 Å². The van der Waals surface area contributed by atoms with E-state index in [1.165, 1.54) is 18.6 Å². The molecule has 1 fully saturated rings. The van der Waals surface area contributed by atoms with E-state index in [0.717, 1.165) is 23.8 Å². The molecule has 0 aliphatic carbocycles. The zero-order valence-corrected chi connectivity index (χ0v) is 15.3. The summed E-state index contributed by atoms with van der Waals surface area (Å²) >= 11 is 2.04. The molecule has 130 valence electrons. The quantitative estimate of drug-likeness (QED) is 0.633. The Morgan fingerprint density at radius 2 is 2.21 bits per heavy atom. The monoisotopic (exact) mass is 346 g/mol. The average molecular weight is 347 g/mol. The number of para-hydroxylation sites is 1. The highest BCUT2D eigenvalue weighted by atomic mass is 32.2. The van der Waals surface area contributed by atoms with Gasteiger partial charge in [-0.3, -0.25) is 9.79 Å². The number of rotatable bonds is 5. The lowest BCUT2D eigenvalue weighted by molar-refractivity contribution is -0.117. The molecular formula is C18H26N4OS. The van der Waals surface area contributed by atoms with Crippen LogP contribution in [0.25, 0.3) is 0 Å². The third-order valence-corrected chi connectivity index (χ3v) is 6.25. The molecule has 2 aliphatic heterocycles. The number of hydrogen-bond donors (Lipinski definition) is 2. The maximum absolute atomic E-state index is 12.2. The van der Waals surface area contributed by atoms with E-state index in [4.69, 9.17) is 0 Å². The van der Waals surface area contributed by atoms with Crippen LogP contribution in [0.1, 0.15) is 25.3 Å². The molecule has 1 amide bonds. The van der Waals surface area contributed by atoms with E-state index in [1.54, 1.807) is 7.05 Å². The van der Waals surface area contributed by atoms with E-state index < -0.39 is 0 Å². The van der Waals surface area contributed by atoms with Crippen LogP contribution in [-0.4, -0.2) is 49.0 Å². The van der Waals surface area contributed by atoms with Crippen molar-refractivity contribution in [2.24, 2.45) is 4.99 Å². The number of hydrogen-bond acceptors (Lipinski definition) is 3. The molecule has 0 bridgehead atoms. The van der Waals surface area contributed by atoms with Gasteiger partial charge in [-0.25, -0.2) is 0 Å². The Morgan fingerprint density at radius 1 is 1.38 bits per heavy atom. The van der Waals surface area contributed by atoms with Crippen molar-refractivity contribution in [2.75, 3.05) is 37.3 Å². The summed E-state index contributed by atoms with van der Waals surface area (Å²) in [5, 5.41) is 6.75. The molecule has 1 aromatic rings. The fourth-order valence-corrected chi connectivity index (χ4v) is 4.56. The highest BCUT2D eigenvalue weighted by Crippen LogP contribution is 2.36. The van der Waals surface area contributed by atoms with E-state index in [-0.39, 0.29) is 5.91 Å². The fourth-order valence-electron chi connectivity index (χ4n) is 3.32. The molecular weight excluding hydrogens is 320 g/mol. The summed E-state index contributed by atoms with van der Waals surface area (Å²) in [7, 11) is 1.79. The zero-order chi connectivity index (χ0) is 17.0. The molecule has 5 nitrogen and oxygen atoms in total. The van der Waals surface area contributed by atoms with Crippen LogP contribution >= 0.6 is 11.8 Å². The maximum atomic E-state index is 12.2. The number of fused-ring (bicyclic) bond motifs is 1. The first-order valence-corrected chi connectivity index (χ1v) is 9.57. The number of nitrogens with one attached hydrogen (secondary N) is 2. The lowest BCUT2D eigenvalue weighted by atomic mass is 10.1. The second kappa shape index (κ2) is 7.47. The fraction of sp³-hybridized carbons (Fsp3) is 0.556. The van der Waals surface area contributed by atoms with Gasteiger partial charge in [-0.1, -0.05) is 18.2 Å². The molecule has 0 aromatic heterocycles. The molecule has 2 N–H and O–H groups in total. The van der Waals surface area contributed by atoms with Crippen LogP contribution in [0.4, 0.5) is 5.69 Å². The van der Waals surface area contributed by atoms with Crippen molar-refractivity contribution in [3.63, 3.8) is 0 Å². The lowest BCUT2D eigenvalue weighted by Crippen LogP contribution is -2.46. The number of aliphatic imine (C=N–C) groups is 1. The molecule has 1 saturated heterocycles. The summed E-state index contributed by atoms with van der Waals surface area (Å²) < 4.78 is 0.307. The van der Waals surface area contributed by atoms with Gasteiger partial charge in [-0.15, -0.1) is 0 Å². The minimum Gasteiger partial charge on any atom is -0.355 e. The Morgan fingerprint density at radius 3 is 2.96 bits per heavy atom. The van der Waals surface area contributed by atoms with Gasteiger partial charge >= 0.3 is 0 Å². The number of nitrogens with zero attached hydrogens (tertiary/aromatic N) is 2. The van der Waals surface area contributed by atoms with Gasteiger partial charge in [0.15, 0.2) is 5.96 Å². The molecule has 6 heteroatoms. The van der Waals surface area contributed by atoms with Gasteiger partial charge in [0.25, 0.3) is 0 Å². The van der Waals surface area contributed by atoms with Gasteiger partial charge in [0, 0.05) is 37.1 Å². The van der Waals surface area contributed by atoms with Crippen molar-refractivity contribution in [2.45, 2.75) is 30.9 Å². The zero-order valence-electron chi connectivity index (χ0n) is 14.5. The summed E-state index contributed by atoms with van der Waals surface area (Å²) in [6.07, 6.45) is 3.06. The first-order valence-electron chi connectivity index (χ1n) is 8.58. The Balaban J connectivity index is 1.47. The molecule has 2 heterocycles. The van der Waals surface area contributed by atoms with Gasteiger partial charge in [-0.2, -0.15) is 11.8 Å². The van der Waals surface area contributed by atoms with Crippen LogP contribution in [0.15, 0.2) is 29.3 Å². The predicted molar refractivity (Wildman–Crippen MR) is 102 cm³/mol. The van der Waals surface area contributed by atoms with Gasteiger partial charge in [-0.05, 0) is 37.1 Å². The smallest absolute Gasteiger partial charge is 0.231 e. The number of amides is 1. The predicted octanol–water partition coefficient (Wildman–Crippen LogP) is 2.03. The number of carbonyl (C=O) groups is 1. The van der Waals surface area contributed by atoms with Crippen molar-refractivity contribution in [3.05, 3.63) is 29.8 Å². The first kappa shape index (κ1) is 17.1. The highest BCUT2D eigenvalue weighted by Gasteiger charge is 2.29. The Hall–Kier alpha value is -1.69. The van der Waals surface area contributed by atoms with Crippen molar-refractivity contribution < 1.29 is 4.79 Å². The third-order valence-electron chi connectivity index (χ3n) is 4.71. The molecule has 0 spiro atoms. The highest BCUT2D eigenvalue weighted by molar-refractivity contribution is 8.00. The van der Waals surface area contributed by atoms with Crippen molar-refractivity contribution in [1.82, 2.24) is 10.6 Å². The summed E-state index contributed by atoms with van der Waals surface area (Å²) in [5.74, 6) is 2.24.